The fraction of sp³-hybridized carbons (Fsp3) is 0.256. The van der Waals surface area contributed by atoms with E-state index in [9.17, 15) is 69.1 Å². The highest BCUT2D eigenvalue weighted by Gasteiger charge is 2.39. The average Bonchev–Trinajstić information content (AvgIpc) is 3.31. The second-order valence-corrected chi connectivity index (χ2v) is 15.3. The molecule has 6 amide bonds. The molecule has 0 aromatic heterocycles. The van der Waals surface area contributed by atoms with Gasteiger partial charge in [-0.25, -0.2) is 24.8 Å². The van der Waals surface area contributed by atoms with Crippen molar-refractivity contribution < 1.29 is 58.7 Å². The number of aliphatic hydroxyl groups is 1. The van der Waals surface area contributed by atoms with Crippen LogP contribution in [0, 0.1) is 20.2 Å². The van der Waals surface area contributed by atoms with Gasteiger partial charge in [0, 0.05) is 44.0 Å². The predicted octanol–water partition coefficient (Wildman–Crippen LogP) is -7.45. The maximum Gasteiger partial charge on any atom is 0.338 e. The first-order valence-corrected chi connectivity index (χ1v) is 20.8. The Morgan fingerprint density at radius 3 is 1.49 bits per heavy atom. The number of nitrogens with one attached hydrogen (secondary N) is 5. The lowest BCUT2D eigenvalue weighted by Crippen LogP contribution is -2.58. The number of non-ortho nitro benzene ring substituents is 1. The van der Waals surface area contributed by atoms with E-state index in [-0.39, 0.29) is 11.1 Å². The van der Waals surface area contributed by atoms with Crippen LogP contribution in [-0.4, -0.2) is 142 Å². The van der Waals surface area contributed by atoms with E-state index in [0.29, 0.717) is 22.7 Å². The molecule has 36 heteroatoms. The van der Waals surface area contributed by atoms with Crippen LogP contribution in [0.5, 0.6) is 5.75 Å². The molecular formula is C39H52N22O14. The minimum absolute atomic E-state index is 0.0832. The van der Waals surface area contributed by atoms with E-state index < -0.39 is 153 Å². The molecule has 0 radical (unpaired) electrons. The molecule has 0 spiro atoms. The smallest absolute Gasteiger partial charge is 0.338 e. The van der Waals surface area contributed by atoms with Crippen molar-refractivity contribution in [2.45, 2.75) is 43.3 Å². The molecular weight excluding hydrogens is 1000 g/mol. The number of nitrogens with zero attached hydrogens (tertiary/aromatic N) is 8. The van der Waals surface area contributed by atoms with Crippen molar-refractivity contribution in [2.75, 3.05) is 30.5 Å². The quantitative estimate of drug-likeness (QED) is 0.0162. The Bertz CT molecular complexity index is 2780. The van der Waals surface area contributed by atoms with Crippen molar-refractivity contribution in [2.24, 2.45) is 71.6 Å². The van der Waals surface area contributed by atoms with E-state index in [2.05, 4.69) is 30.6 Å². The van der Waals surface area contributed by atoms with Gasteiger partial charge in [0.05, 0.1) is 28.1 Å². The van der Waals surface area contributed by atoms with E-state index in [1.165, 1.54) is 48.5 Å². The molecule has 0 aliphatic heterocycles. The Balaban J connectivity index is 2.15. The fourth-order valence-electron chi connectivity index (χ4n) is 6.41. The number of carbonyl (C=O) groups excluding carboxylic acids is 6. The van der Waals surface area contributed by atoms with Crippen LogP contribution < -0.4 is 88.0 Å². The molecule has 0 bridgehead atoms. The van der Waals surface area contributed by atoms with E-state index in [0.717, 1.165) is 0 Å². The van der Waals surface area contributed by atoms with Crippen LogP contribution in [0.1, 0.15) is 27.5 Å². The zero-order valence-corrected chi connectivity index (χ0v) is 39.3. The number of hydrogen-bond acceptors (Lipinski definition) is 19. The van der Waals surface area contributed by atoms with Crippen molar-refractivity contribution in [1.29, 1.82) is 0 Å². The number of carboxylic acids is 1. The summed E-state index contributed by atoms with van der Waals surface area (Å²) >= 11 is 0. The maximum atomic E-state index is 14.6. The van der Waals surface area contributed by atoms with Gasteiger partial charge in [0.2, 0.25) is 36.5 Å². The van der Waals surface area contributed by atoms with Crippen LogP contribution in [0.3, 0.4) is 0 Å². The number of amides is 6. The molecule has 0 saturated carbocycles. The van der Waals surface area contributed by atoms with Gasteiger partial charge in [-0.15, -0.1) is 0 Å². The van der Waals surface area contributed by atoms with Crippen LogP contribution in [-0.2, 0) is 35.3 Å². The summed E-state index contributed by atoms with van der Waals surface area (Å²) in [6.07, 6.45) is -8.65. The number of benzene rings is 3. The minimum Gasteiger partial charge on any atom is -0.508 e. The van der Waals surface area contributed by atoms with E-state index >= 15 is 0 Å². The number of nitro groups is 2. The van der Waals surface area contributed by atoms with Gasteiger partial charge in [-0.05, 0) is 11.6 Å². The number of guanidine groups is 4. The van der Waals surface area contributed by atoms with Crippen molar-refractivity contribution in [3.8, 4) is 5.75 Å². The first-order valence-electron chi connectivity index (χ1n) is 20.8. The summed E-state index contributed by atoms with van der Waals surface area (Å²) in [6.45, 7) is -2.15. The van der Waals surface area contributed by atoms with Crippen molar-refractivity contribution in [1.82, 2.24) is 26.6 Å². The van der Waals surface area contributed by atoms with Crippen molar-refractivity contribution in [3.63, 3.8) is 0 Å². The third-order valence-electron chi connectivity index (χ3n) is 9.70. The standard InChI is InChI=1S/C39H52N22O14/c1-58(2)17-9-8-16(22(63)12-17)13-59(24-19(35(70)71)10-18(60(72)73)11-20(24)61(74)75)21(14-62)30(65)49-23(15-6-4-3-5-7-15)31(66)51-27(55-37(43)44)33(68)53-29(57-39(47)48)34(69)52-28(56-38(45)46)32(67)50-26(25(40)64)54-36(41)42/h3-12,21,23,26-29,62-63H,13-14H2,1-2H3,(H2,40,64)(H,49,65)(H,50,67)(H,51,66)(H,52,69)(H,53,68)(H,70,71)(H4,41,42,54)(H4,43,44,55)(H4,45,46,56)(H4,47,48,57). The number of aliphatic hydroxyl groups excluding tert-OH is 1. The Hall–Kier alpha value is -10.8. The highest BCUT2D eigenvalue weighted by molar-refractivity contribution is 6.02. The lowest BCUT2D eigenvalue weighted by Gasteiger charge is -2.33. The fourth-order valence-corrected chi connectivity index (χ4v) is 6.41. The Morgan fingerprint density at radius 1 is 0.627 bits per heavy atom. The molecule has 75 heavy (non-hydrogen) atoms. The molecule has 3 aromatic rings. The summed E-state index contributed by atoms with van der Waals surface area (Å²) in [5, 5.41) is 67.0. The molecule has 0 saturated heterocycles. The first-order chi connectivity index (χ1) is 35.1. The summed E-state index contributed by atoms with van der Waals surface area (Å²) in [5.74, 6) is -14.2. The lowest BCUT2D eigenvalue weighted by molar-refractivity contribution is -0.393. The number of anilines is 2. The van der Waals surface area contributed by atoms with E-state index in [1.807, 2.05) is 16.0 Å². The molecule has 402 valence electrons. The second-order valence-electron chi connectivity index (χ2n) is 15.3. The Kier molecular flexibility index (Phi) is 20.2. The topological polar surface area (TPSA) is 617 Å². The molecule has 0 heterocycles. The van der Waals surface area contributed by atoms with Crippen LogP contribution >= 0.6 is 0 Å². The van der Waals surface area contributed by atoms with Crippen LogP contribution in [0.25, 0.3) is 0 Å². The Labute approximate surface area is 421 Å². The van der Waals surface area contributed by atoms with Gasteiger partial charge in [-0.2, -0.15) is 0 Å². The zero-order chi connectivity index (χ0) is 56.6. The highest BCUT2D eigenvalue weighted by atomic mass is 16.6. The number of aromatic carboxylic acids is 1. The molecule has 26 N–H and O–H groups in total. The van der Waals surface area contributed by atoms with Gasteiger partial charge in [-0.1, -0.05) is 36.4 Å². The number of nitrogens with two attached hydrogens (primary N) is 9. The van der Waals surface area contributed by atoms with Crippen LogP contribution in [0.2, 0.25) is 0 Å². The molecule has 6 unspecified atom stereocenters. The van der Waals surface area contributed by atoms with Gasteiger partial charge in [0.25, 0.3) is 35.0 Å². The van der Waals surface area contributed by atoms with Gasteiger partial charge in [0.15, 0.2) is 23.8 Å². The number of rotatable bonds is 25. The molecule has 6 atom stereocenters. The highest BCUT2D eigenvalue weighted by Crippen LogP contribution is 2.39. The number of phenolic OH excluding ortho intramolecular Hbond substituents is 1. The zero-order valence-electron chi connectivity index (χ0n) is 39.3. The number of aromatic hydroxyl groups is 1. The number of carboxylic acid groups (broad SMARTS) is 1. The summed E-state index contributed by atoms with van der Waals surface area (Å²) in [6, 6.07) is 7.58. The van der Waals surface area contributed by atoms with Crippen molar-refractivity contribution in [3.05, 3.63) is 97.6 Å². The average molecular weight is 1050 g/mol. The maximum absolute atomic E-state index is 14.6. The second kappa shape index (κ2) is 25.9. The lowest BCUT2D eigenvalue weighted by atomic mass is 10.0. The Morgan fingerprint density at radius 2 is 1.09 bits per heavy atom. The molecule has 0 fully saturated rings. The minimum atomic E-state index is -2.29. The third-order valence-corrected chi connectivity index (χ3v) is 9.70. The number of primary amides is 1. The van der Waals surface area contributed by atoms with E-state index in [4.69, 9.17) is 51.6 Å². The predicted molar refractivity (Wildman–Crippen MR) is 264 cm³/mol. The van der Waals surface area contributed by atoms with Gasteiger partial charge >= 0.3 is 5.97 Å². The first kappa shape index (κ1) is 58.5. The molecule has 36 nitrogen and oxygen atoms in total. The number of carbonyl (C=O) groups is 7. The SMILES string of the molecule is CN(C)c1ccc(CN(c2c(C(=O)O)cc([N+](=O)[O-])cc2[N+](=O)[O-])C(CO)C(=O)NC(C(=O)NC(N=C(N)N)C(=O)NC(N=C(N)N)C(=O)NC(N=C(N)N)C(=O)NC(N=C(N)N)C(N)=O)c2ccccc2)c(O)c1. The van der Waals surface area contributed by atoms with E-state index in [1.54, 1.807) is 19.0 Å². The number of phenols is 1. The number of hydrogen-bond donors (Lipinski definition) is 17. The molecule has 3 rings (SSSR count). The van der Waals surface area contributed by atoms with Crippen molar-refractivity contribution >= 4 is 88.0 Å². The normalized spacial score (nSPS) is 12.9. The number of aliphatic imine (C=N–C) groups is 4. The molecule has 3 aromatic carbocycles. The largest absolute Gasteiger partial charge is 0.508 e. The van der Waals surface area contributed by atoms with Gasteiger partial charge < -0.3 is 103 Å². The summed E-state index contributed by atoms with van der Waals surface area (Å²) in [4.78, 5) is 133. The molecule has 0 aliphatic carbocycles. The summed E-state index contributed by atoms with van der Waals surface area (Å²) < 4.78 is 0. The third kappa shape index (κ3) is 16.4. The van der Waals surface area contributed by atoms with Gasteiger partial charge in [-0.3, -0.25) is 49.0 Å². The molecule has 0 aliphatic rings. The summed E-state index contributed by atoms with van der Waals surface area (Å²) in [5.41, 5.74) is 44.6. The van der Waals surface area contributed by atoms with Gasteiger partial charge in [0.1, 0.15) is 23.5 Å². The number of nitro benzene ring substituents is 2. The van der Waals surface area contributed by atoms with Crippen LogP contribution in [0.4, 0.5) is 22.7 Å². The monoisotopic (exact) mass is 1050 g/mol. The summed E-state index contributed by atoms with van der Waals surface area (Å²) in [7, 11) is 3.25. The van der Waals surface area contributed by atoms with Crippen LogP contribution in [0.15, 0.2) is 80.6 Å².